The molecule has 1 unspecified atom stereocenters. The van der Waals surface area contributed by atoms with Gasteiger partial charge >= 0.3 is 12.1 Å². The first kappa shape index (κ1) is 22.4. The largest absolute Gasteiger partial charge is 0.480 e. The minimum atomic E-state index is -4.49. The molecule has 0 saturated carbocycles. The molecule has 0 aliphatic heterocycles. The molecule has 3 nitrogen and oxygen atoms in total. The normalized spacial score (nSPS) is 12.6. The third kappa shape index (κ3) is 6.07. The van der Waals surface area contributed by atoms with Crippen molar-refractivity contribution in [1.29, 1.82) is 0 Å². The van der Waals surface area contributed by atoms with Crippen LogP contribution in [-0.2, 0) is 17.4 Å². The minimum absolute atomic E-state index is 0.0956. The van der Waals surface area contributed by atoms with Gasteiger partial charge in [-0.2, -0.15) is 13.2 Å². The lowest BCUT2D eigenvalue weighted by Gasteiger charge is -2.15. The van der Waals surface area contributed by atoms with Crippen molar-refractivity contribution in [2.45, 2.75) is 49.4 Å². The van der Waals surface area contributed by atoms with Gasteiger partial charge in [0.15, 0.2) is 0 Å². The van der Waals surface area contributed by atoms with Gasteiger partial charge in [-0.05, 0) is 55.7 Å². The Kier molecular flexibility index (Phi) is 7.66. The lowest BCUT2D eigenvalue weighted by atomic mass is 10.1. The van der Waals surface area contributed by atoms with Crippen LogP contribution >= 0.6 is 23.4 Å². The molecule has 28 heavy (non-hydrogen) atoms. The quantitative estimate of drug-likeness (QED) is 0.453. The van der Waals surface area contributed by atoms with Crippen molar-refractivity contribution in [3.05, 3.63) is 52.5 Å². The molecular formula is C20H20ClF3O3S. The predicted octanol–water partition coefficient (Wildman–Crippen LogP) is 7.06. The van der Waals surface area contributed by atoms with Gasteiger partial charge in [0.2, 0.25) is 0 Å². The van der Waals surface area contributed by atoms with E-state index < -0.39 is 23.0 Å². The van der Waals surface area contributed by atoms with E-state index in [2.05, 4.69) is 6.92 Å². The molecule has 152 valence electrons. The van der Waals surface area contributed by atoms with Gasteiger partial charge in [0.05, 0.1) is 10.6 Å². The fraction of sp³-hybridized carbons (Fsp3) is 0.350. The molecule has 1 atom stereocenters. The van der Waals surface area contributed by atoms with Gasteiger partial charge in [0.1, 0.15) is 16.7 Å². The summed E-state index contributed by atoms with van der Waals surface area (Å²) in [6.45, 7) is 3.66. The molecule has 2 rings (SSSR count). The van der Waals surface area contributed by atoms with Crippen LogP contribution in [0, 0.1) is 0 Å². The highest BCUT2D eigenvalue weighted by atomic mass is 35.5. The second-order valence-corrected chi connectivity index (χ2v) is 8.01. The molecule has 0 bridgehead atoms. The smallest absolute Gasteiger partial charge is 0.416 e. The zero-order valence-corrected chi connectivity index (χ0v) is 16.9. The molecule has 8 heteroatoms. The topological polar surface area (TPSA) is 46.5 Å². The number of aliphatic carboxylic acids is 1. The number of alkyl halides is 3. The summed E-state index contributed by atoms with van der Waals surface area (Å²) in [4.78, 5) is 12.0. The van der Waals surface area contributed by atoms with Crippen LogP contribution < -0.4 is 4.74 Å². The van der Waals surface area contributed by atoms with Crippen molar-refractivity contribution in [2.75, 3.05) is 0 Å². The number of thioether (sulfide) groups is 1. The summed E-state index contributed by atoms with van der Waals surface area (Å²) in [6.07, 6.45) is -1.73. The Labute approximate surface area is 170 Å². The maximum atomic E-state index is 12.8. The van der Waals surface area contributed by atoms with Gasteiger partial charge in [-0.3, -0.25) is 4.79 Å². The van der Waals surface area contributed by atoms with Crippen LogP contribution in [0.3, 0.4) is 0 Å². The van der Waals surface area contributed by atoms with E-state index in [-0.39, 0.29) is 10.8 Å². The van der Waals surface area contributed by atoms with Crippen LogP contribution in [0.5, 0.6) is 11.5 Å². The third-order valence-electron chi connectivity index (χ3n) is 3.98. The number of unbranched alkanes of at least 4 members (excludes halogenated alkanes) is 1. The number of halogens is 4. The Balaban J connectivity index is 2.29. The van der Waals surface area contributed by atoms with Gasteiger partial charge < -0.3 is 9.84 Å². The summed E-state index contributed by atoms with van der Waals surface area (Å²) < 4.78 is 43.9. The second-order valence-electron chi connectivity index (χ2n) is 6.22. The van der Waals surface area contributed by atoms with Crippen molar-refractivity contribution in [3.8, 4) is 11.5 Å². The number of aryl methyl sites for hydroxylation is 1. The van der Waals surface area contributed by atoms with E-state index >= 15 is 0 Å². The van der Waals surface area contributed by atoms with Crippen molar-refractivity contribution < 1.29 is 27.8 Å². The first-order valence-corrected chi connectivity index (χ1v) is 9.94. The highest BCUT2D eigenvalue weighted by Crippen LogP contribution is 2.38. The van der Waals surface area contributed by atoms with Crippen LogP contribution in [0.2, 0.25) is 5.02 Å². The summed E-state index contributed by atoms with van der Waals surface area (Å²) in [6, 6.07) is 8.13. The predicted molar refractivity (Wildman–Crippen MR) is 105 cm³/mol. The lowest BCUT2D eigenvalue weighted by molar-refractivity contribution is -0.138. The monoisotopic (exact) mass is 432 g/mol. The van der Waals surface area contributed by atoms with Gasteiger partial charge in [0.25, 0.3) is 0 Å². The van der Waals surface area contributed by atoms with Gasteiger partial charge in [-0.25, -0.2) is 0 Å². The molecule has 2 aromatic rings. The summed E-state index contributed by atoms with van der Waals surface area (Å²) in [5, 5.41) is 8.38. The number of carboxylic acids is 1. The fourth-order valence-corrected chi connectivity index (χ4v) is 3.62. The number of hydrogen-bond donors (Lipinski definition) is 1. The minimum Gasteiger partial charge on any atom is -0.480 e. The summed E-state index contributed by atoms with van der Waals surface area (Å²) in [5.74, 6) is -0.455. The second kappa shape index (κ2) is 9.56. The van der Waals surface area contributed by atoms with Gasteiger partial charge in [-0.15, -0.1) is 11.8 Å². The van der Waals surface area contributed by atoms with Gasteiger partial charge in [0, 0.05) is 4.90 Å². The summed E-state index contributed by atoms with van der Waals surface area (Å²) in [7, 11) is 0. The molecule has 1 N–H and O–H groups in total. The first-order chi connectivity index (χ1) is 13.1. The average molecular weight is 433 g/mol. The SMILES string of the molecule is CCCCc1ccc(Oc2ccc(C(F)(F)F)cc2Cl)cc1SC(C)C(=O)O. The molecule has 0 radical (unpaired) electrons. The average Bonchev–Trinajstić information content (AvgIpc) is 2.61. The number of rotatable bonds is 8. The van der Waals surface area contributed by atoms with Crippen LogP contribution in [0.1, 0.15) is 37.8 Å². The van der Waals surface area contributed by atoms with E-state index in [1.54, 1.807) is 19.1 Å². The van der Waals surface area contributed by atoms with Crippen molar-refractivity contribution in [2.24, 2.45) is 0 Å². The van der Waals surface area contributed by atoms with Crippen molar-refractivity contribution in [3.63, 3.8) is 0 Å². The highest BCUT2D eigenvalue weighted by Gasteiger charge is 2.31. The Hall–Kier alpha value is -1.86. The molecule has 0 aliphatic rings. The lowest BCUT2D eigenvalue weighted by Crippen LogP contribution is -2.11. The number of carbonyl (C=O) groups is 1. The molecule has 0 aromatic heterocycles. The van der Waals surface area contributed by atoms with Crippen LogP contribution in [0.25, 0.3) is 0 Å². The Morgan fingerprint density at radius 3 is 2.54 bits per heavy atom. The van der Waals surface area contributed by atoms with Gasteiger partial charge in [-0.1, -0.05) is 31.0 Å². The van der Waals surface area contributed by atoms with E-state index in [1.165, 1.54) is 17.8 Å². The number of ether oxygens (including phenoxy) is 1. The van der Waals surface area contributed by atoms with Crippen molar-refractivity contribution >= 4 is 29.3 Å². The molecule has 0 spiro atoms. The number of benzene rings is 2. The van der Waals surface area contributed by atoms with Crippen LogP contribution in [-0.4, -0.2) is 16.3 Å². The molecule has 2 aromatic carbocycles. The molecule has 0 aliphatic carbocycles. The van der Waals surface area contributed by atoms with E-state index in [0.29, 0.717) is 5.75 Å². The molecule has 0 heterocycles. The zero-order valence-electron chi connectivity index (χ0n) is 15.3. The molecular weight excluding hydrogens is 413 g/mol. The maximum absolute atomic E-state index is 12.8. The highest BCUT2D eigenvalue weighted by molar-refractivity contribution is 8.00. The zero-order chi connectivity index (χ0) is 20.9. The number of hydrogen-bond acceptors (Lipinski definition) is 3. The third-order valence-corrected chi connectivity index (χ3v) is 5.46. The van der Waals surface area contributed by atoms with E-state index in [4.69, 9.17) is 16.3 Å². The van der Waals surface area contributed by atoms with E-state index in [0.717, 1.165) is 41.9 Å². The summed E-state index contributed by atoms with van der Waals surface area (Å²) in [5.41, 5.74) is 0.150. The van der Waals surface area contributed by atoms with E-state index in [9.17, 15) is 23.1 Å². The molecule has 0 saturated heterocycles. The van der Waals surface area contributed by atoms with Crippen LogP contribution in [0.15, 0.2) is 41.3 Å². The van der Waals surface area contributed by atoms with Crippen LogP contribution in [0.4, 0.5) is 13.2 Å². The summed E-state index contributed by atoms with van der Waals surface area (Å²) >= 11 is 7.15. The van der Waals surface area contributed by atoms with Crippen molar-refractivity contribution in [1.82, 2.24) is 0 Å². The Morgan fingerprint density at radius 1 is 1.25 bits per heavy atom. The fourth-order valence-electron chi connectivity index (χ4n) is 2.41. The van der Waals surface area contributed by atoms with E-state index in [1.807, 2.05) is 6.07 Å². The number of carboxylic acid groups (broad SMARTS) is 1. The Morgan fingerprint density at radius 2 is 1.96 bits per heavy atom. The standard InChI is InChI=1S/C20H20ClF3O3S/c1-3-4-5-13-6-8-15(11-18(13)28-12(2)19(25)26)27-17-9-7-14(10-16(17)21)20(22,23)24/h6-12H,3-5H2,1-2H3,(H,25,26). The molecule has 0 fully saturated rings. The first-order valence-electron chi connectivity index (χ1n) is 8.68. The Bertz CT molecular complexity index is 840. The maximum Gasteiger partial charge on any atom is 0.416 e. The molecule has 0 amide bonds.